The van der Waals surface area contributed by atoms with E-state index >= 15 is 0 Å². The average Bonchev–Trinajstić information content (AvgIpc) is 2.01. The van der Waals surface area contributed by atoms with E-state index in [0.717, 1.165) is 6.42 Å². The number of hydrogen-bond donors (Lipinski definition) is 1. The third-order valence-corrected chi connectivity index (χ3v) is 1.73. The number of aliphatic carboxylic acids is 1. The lowest BCUT2D eigenvalue weighted by molar-refractivity contribution is -0.144. The largest absolute Gasteiger partial charge is 0.480 e. The molecule has 1 amide bonds. The van der Waals surface area contributed by atoms with Gasteiger partial charge in [-0.25, -0.2) is 0 Å². The molecule has 1 N–H and O–H groups in total. The van der Waals surface area contributed by atoms with Gasteiger partial charge in [-0.3, -0.25) is 9.59 Å². The number of carbonyl (C=O) groups is 2. The van der Waals surface area contributed by atoms with Gasteiger partial charge in [0.2, 0.25) is 5.91 Å². The maximum Gasteiger partial charge on any atom is 0.323 e. The van der Waals surface area contributed by atoms with E-state index in [2.05, 4.69) is 0 Å². The lowest BCUT2D eigenvalue weighted by atomic mass is 10.2. The molecule has 0 rings (SSSR count). The first-order valence-corrected chi connectivity index (χ1v) is 4.97. The molecule has 0 aliphatic heterocycles. The number of carboxylic acid groups (broad SMARTS) is 1. The zero-order valence-corrected chi connectivity index (χ0v) is 9.12. The first kappa shape index (κ1) is 12.9. The Morgan fingerprint density at radius 3 is 2.29 bits per heavy atom. The lowest BCUT2D eigenvalue weighted by Gasteiger charge is -2.22. The van der Waals surface area contributed by atoms with Crippen molar-refractivity contribution in [3.8, 4) is 0 Å². The minimum absolute atomic E-state index is 0.0661. The quantitative estimate of drug-likeness (QED) is 0.705. The van der Waals surface area contributed by atoms with Gasteiger partial charge in [0.1, 0.15) is 6.54 Å². The van der Waals surface area contributed by atoms with Crippen LogP contribution in [0.4, 0.5) is 0 Å². The third kappa shape index (κ3) is 5.56. The summed E-state index contributed by atoms with van der Waals surface area (Å²) in [7, 11) is 0. The van der Waals surface area contributed by atoms with Crippen molar-refractivity contribution >= 4 is 11.9 Å². The van der Waals surface area contributed by atoms with Crippen LogP contribution in [-0.4, -0.2) is 35.0 Å². The second-order valence-corrected chi connectivity index (χ2v) is 3.81. The van der Waals surface area contributed by atoms with Crippen LogP contribution in [0.2, 0.25) is 0 Å². The van der Waals surface area contributed by atoms with Crippen LogP contribution in [-0.2, 0) is 9.59 Å². The summed E-state index contributed by atoms with van der Waals surface area (Å²) in [6, 6.07) is 0. The SMILES string of the molecule is CCCC(=O)N(CC(=O)O)CC(C)C. The number of amides is 1. The Bertz CT molecular complexity index is 202. The van der Waals surface area contributed by atoms with E-state index in [1.165, 1.54) is 4.90 Å². The van der Waals surface area contributed by atoms with Crippen molar-refractivity contribution in [3.05, 3.63) is 0 Å². The summed E-state index contributed by atoms with van der Waals surface area (Å²) >= 11 is 0. The Balaban J connectivity index is 4.22. The average molecular weight is 201 g/mol. The van der Waals surface area contributed by atoms with E-state index in [1.807, 2.05) is 20.8 Å². The Kier molecular flexibility index (Phi) is 5.92. The van der Waals surface area contributed by atoms with Crippen LogP contribution in [0.5, 0.6) is 0 Å². The van der Waals surface area contributed by atoms with E-state index in [0.29, 0.717) is 18.9 Å². The van der Waals surface area contributed by atoms with Crippen LogP contribution >= 0.6 is 0 Å². The van der Waals surface area contributed by atoms with E-state index in [1.54, 1.807) is 0 Å². The number of hydrogen-bond acceptors (Lipinski definition) is 2. The Morgan fingerprint density at radius 2 is 1.93 bits per heavy atom. The summed E-state index contributed by atoms with van der Waals surface area (Å²) in [5.74, 6) is -0.714. The van der Waals surface area contributed by atoms with E-state index in [9.17, 15) is 9.59 Å². The summed E-state index contributed by atoms with van der Waals surface area (Å²) in [6.45, 7) is 6.18. The van der Waals surface area contributed by atoms with Crippen molar-refractivity contribution in [1.82, 2.24) is 4.90 Å². The Labute approximate surface area is 84.9 Å². The molecule has 0 aromatic carbocycles. The molecule has 0 aliphatic rings. The molecule has 0 saturated carbocycles. The molecule has 82 valence electrons. The molecule has 0 spiro atoms. The number of rotatable bonds is 6. The highest BCUT2D eigenvalue weighted by Gasteiger charge is 2.16. The van der Waals surface area contributed by atoms with Gasteiger partial charge in [-0.15, -0.1) is 0 Å². The highest BCUT2D eigenvalue weighted by Crippen LogP contribution is 2.02. The van der Waals surface area contributed by atoms with Gasteiger partial charge in [0.05, 0.1) is 0 Å². The predicted molar refractivity (Wildman–Crippen MR) is 54.0 cm³/mol. The number of carbonyl (C=O) groups excluding carboxylic acids is 1. The van der Waals surface area contributed by atoms with Crippen molar-refractivity contribution in [2.45, 2.75) is 33.6 Å². The molecule has 0 bridgehead atoms. The zero-order chi connectivity index (χ0) is 11.1. The van der Waals surface area contributed by atoms with Crippen molar-refractivity contribution in [2.75, 3.05) is 13.1 Å². The van der Waals surface area contributed by atoms with Crippen LogP contribution < -0.4 is 0 Å². The molecule has 0 aromatic rings. The van der Waals surface area contributed by atoms with Crippen LogP contribution in [0, 0.1) is 5.92 Å². The summed E-state index contributed by atoms with van der Waals surface area (Å²) < 4.78 is 0. The van der Waals surface area contributed by atoms with Gasteiger partial charge in [-0.05, 0) is 12.3 Å². The first-order valence-electron chi connectivity index (χ1n) is 4.97. The van der Waals surface area contributed by atoms with Crippen molar-refractivity contribution < 1.29 is 14.7 Å². The number of nitrogens with zero attached hydrogens (tertiary/aromatic N) is 1. The molecular weight excluding hydrogens is 182 g/mol. The molecule has 0 aromatic heterocycles. The lowest BCUT2D eigenvalue weighted by Crippen LogP contribution is -2.38. The highest BCUT2D eigenvalue weighted by molar-refractivity contribution is 5.81. The van der Waals surface area contributed by atoms with Gasteiger partial charge < -0.3 is 10.0 Å². The first-order chi connectivity index (χ1) is 6.47. The maximum atomic E-state index is 11.5. The minimum atomic E-state index is -0.949. The molecule has 4 heteroatoms. The topological polar surface area (TPSA) is 57.6 Å². The second kappa shape index (κ2) is 6.40. The van der Waals surface area contributed by atoms with Gasteiger partial charge in [-0.2, -0.15) is 0 Å². The Hall–Kier alpha value is -1.06. The third-order valence-electron chi connectivity index (χ3n) is 1.73. The van der Waals surface area contributed by atoms with Gasteiger partial charge in [0.25, 0.3) is 0 Å². The van der Waals surface area contributed by atoms with Gasteiger partial charge >= 0.3 is 5.97 Å². The fraction of sp³-hybridized carbons (Fsp3) is 0.800. The zero-order valence-electron chi connectivity index (χ0n) is 9.12. The van der Waals surface area contributed by atoms with Crippen molar-refractivity contribution in [2.24, 2.45) is 5.92 Å². The molecular formula is C10H19NO3. The normalized spacial score (nSPS) is 10.3. The molecule has 0 unspecified atom stereocenters. The molecule has 0 aliphatic carbocycles. The summed E-state index contributed by atoms with van der Waals surface area (Å²) in [4.78, 5) is 23.4. The van der Waals surface area contributed by atoms with Gasteiger partial charge in [0.15, 0.2) is 0 Å². The fourth-order valence-corrected chi connectivity index (χ4v) is 1.23. The number of carboxylic acids is 1. The minimum Gasteiger partial charge on any atom is -0.480 e. The summed E-state index contributed by atoms with van der Waals surface area (Å²) in [5.41, 5.74) is 0. The van der Waals surface area contributed by atoms with Crippen LogP contribution in [0.25, 0.3) is 0 Å². The van der Waals surface area contributed by atoms with Gasteiger partial charge in [0, 0.05) is 13.0 Å². The highest BCUT2D eigenvalue weighted by atomic mass is 16.4. The standard InChI is InChI=1S/C10H19NO3/c1-4-5-9(12)11(6-8(2)3)7-10(13)14/h8H,4-7H2,1-3H3,(H,13,14). The van der Waals surface area contributed by atoms with Crippen molar-refractivity contribution in [3.63, 3.8) is 0 Å². The van der Waals surface area contributed by atoms with Crippen LogP contribution in [0.15, 0.2) is 0 Å². The maximum absolute atomic E-state index is 11.5. The molecule has 0 radical (unpaired) electrons. The summed E-state index contributed by atoms with van der Waals surface area (Å²) in [6.07, 6.45) is 1.19. The molecule has 0 saturated heterocycles. The van der Waals surface area contributed by atoms with Crippen LogP contribution in [0.3, 0.4) is 0 Å². The predicted octanol–water partition coefficient (Wildman–Crippen LogP) is 1.36. The Morgan fingerprint density at radius 1 is 1.36 bits per heavy atom. The van der Waals surface area contributed by atoms with Gasteiger partial charge in [-0.1, -0.05) is 20.8 Å². The smallest absolute Gasteiger partial charge is 0.323 e. The van der Waals surface area contributed by atoms with E-state index < -0.39 is 5.97 Å². The molecule has 0 atom stereocenters. The molecule has 0 fully saturated rings. The molecule has 14 heavy (non-hydrogen) atoms. The van der Waals surface area contributed by atoms with E-state index in [-0.39, 0.29) is 12.5 Å². The van der Waals surface area contributed by atoms with Crippen molar-refractivity contribution in [1.29, 1.82) is 0 Å². The van der Waals surface area contributed by atoms with E-state index in [4.69, 9.17) is 5.11 Å². The molecule has 4 nitrogen and oxygen atoms in total. The second-order valence-electron chi connectivity index (χ2n) is 3.81. The molecule has 0 heterocycles. The monoisotopic (exact) mass is 201 g/mol. The fourth-order valence-electron chi connectivity index (χ4n) is 1.23. The van der Waals surface area contributed by atoms with Crippen LogP contribution in [0.1, 0.15) is 33.6 Å². The summed E-state index contributed by atoms with van der Waals surface area (Å²) in [5, 5.41) is 8.62.